The lowest BCUT2D eigenvalue weighted by Crippen LogP contribution is -2.44. The molecule has 11 heteroatoms. The number of methoxy groups -OCH3 is 1. The average Bonchev–Trinajstić information content (AvgIpc) is 3.53. The summed E-state index contributed by atoms with van der Waals surface area (Å²) in [6.07, 6.45) is 8.64. The zero-order valence-electron chi connectivity index (χ0n) is 22.6. The lowest BCUT2D eigenvalue weighted by atomic mass is 9.83. The Kier molecular flexibility index (Phi) is 7.16. The predicted molar refractivity (Wildman–Crippen MR) is 150 cm³/mol. The summed E-state index contributed by atoms with van der Waals surface area (Å²) in [4.78, 5) is 31.5. The smallest absolute Gasteiger partial charge is 0.381 e. The van der Waals surface area contributed by atoms with Crippen LogP contribution < -0.4 is 10.7 Å². The van der Waals surface area contributed by atoms with Gasteiger partial charge >= 0.3 is 5.76 Å². The number of piperidine rings is 1. The Morgan fingerprint density at radius 3 is 2.62 bits per heavy atom. The molecule has 0 amide bonds. The Balaban J connectivity index is 1.54. The largest absolute Gasteiger partial charge is 0.439 e. The molecule has 39 heavy (non-hydrogen) atoms. The van der Waals surface area contributed by atoms with Gasteiger partial charge in [-0.2, -0.15) is 0 Å². The van der Waals surface area contributed by atoms with Gasteiger partial charge in [0.05, 0.1) is 27.9 Å². The van der Waals surface area contributed by atoms with E-state index in [1.165, 1.54) is 25.7 Å². The van der Waals surface area contributed by atoms with Gasteiger partial charge in [0.15, 0.2) is 0 Å². The van der Waals surface area contributed by atoms with E-state index in [0.717, 1.165) is 48.8 Å². The highest BCUT2D eigenvalue weighted by molar-refractivity contribution is 6.30. The van der Waals surface area contributed by atoms with Crippen LogP contribution in [0.4, 0.5) is 5.95 Å². The maximum Gasteiger partial charge on any atom is 0.439 e. The molecule has 1 N–H and O–H groups in total. The second-order valence-electron chi connectivity index (χ2n) is 11.1. The molecule has 2 aliphatic rings. The zero-order chi connectivity index (χ0) is 27.1. The number of anilines is 1. The maximum absolute atomic E-state index is 11.7. The first-order chi connectivity index (χ1) is 18.9. The van der Waals surface area contributed by atoms with Crippen LogP contribution in [-0.4, -0.2) is 55.5 Å². The van der Waals surface area contributed by atoms with E-state index < -0.39 is 5.76 Å². The van der Waals surface area contributed by atoms with Crippen LogP contribution in [0.2, 0.25) is 5.02 Å². The van der Waals surface area contributed by atoms with Crippen LogP contribution in [0.5, 0.6) is 0 Å². The summed E-state index contributed by atoms with van der Waals surface area (Å²) in [6, 6.07) is 5.81. The fourth-order valence-corrected chi connectivity index (χ4v) is 6.21. The normalized spacial score (nSPS) is 23.9. The van der Waals surface area contributed by atoms with Crippen molar-refractivity contribution >= 4 is 28.6 Å². The summed E-state index contributed by atoms with van der Waals surface area (Å²) in [6.45, 7) is 6.30. The summed E-state index contributed by atoms with van der Waals surface area (Å²) in [5.41, 5.74) is 3.51. The van der Waals surface area contributed by atoms with Crippen LogP contribution in [-0.2, 0) is 11.3 Å². The first-order valence-corrected chi connectivity index (χ1v) is 14.2. The minimum absolute atomic E-state index is 0.250. The third-order valence-electron chi connectivity index (χ3n) is 8.35. The zero-order valence-corrected chi connectivity index (χ0v) is 23.3. The fraction of sp³-hybridized carbons (Fsp3) is 0.536. The summed E-state index contributed by atoms with van der Waals surface area (Å²) in [7, 11) is 1.79. The molecule has 6 rings (SSSR count). The molecule has 4 aromatic rings. The third-order valence-corrected chi connectivity index (χ3v) is 8.58. The van der Waals surface area contributed by atoms with E-state index in [-0.39, 0.29) is 18.0 Å². The van der Waals surface area contributed by atoms with Crippen LogP contribution >= 0.6 is 11.6 Å². The number of fused-ring (bicyclic) bond motifs is 1. The van der Waals surface area contributed by atoms with Gasteiger partial charge in [-0.25, -0.2) is 14.8 Å². The number of nitrogens with one attached hydrogen (secondary N) is 1. The highest BCUT2D eigenvalue weighted by Gasteiger charge is 2.32. The van der Waals surface area contributed by atoms with Crippen molar-refractivity contribution in [2.24, 2.45) is 11.8 Å². The van der Waals surface area contributed by atoms with Crippen LogP contribution in [0.25, 0.3) is 33.9 Å². The number of aromatic nitrogens is 6. The molecule has 4 aromatic heterocycles. The number of ether oxygens (including phenoxy) is 1. The Labute approximate surface area is 231 Å². The molecule has 1 aliphatic heterocycles. The van der Waals surface area contributed by atoms with E-state index in [2.05, 4.69) is 38.4 Å². The van der Waals surface area contributed by atoms with Crippen molar-refractivity contribution in [3.63, 3.8) is 0 Å². The standard InChI is InChI=1S/C28H34ClN7O3/c1-16-4-6-18(7-5-16)15-36-25-22(32-27(36)35-11-10-20(38-3)12-17(35)2)13-23(26-33-28(37)39-34-26)31-24(25)21-9-8-19(29)14-30-21/h8-9,13-14,16-18,20H,4-7,10-12,15H2,1-3H3,(H,33,34,37). The van der Waals surface area contributed by atoms with Crippen molar-refractivity contribution in [2.45, 2.75) is 71.1 Å². The number of pyridine rings is 2. The third kappa shape index (κ3) is 5.19. The highest BCUT2D eigenvalue weighted by Crippen LogP contribution is 2.38. The number of halogens is 1. The number of hydrogen-bond acceptors (Lipinski definition) is 8. The Morgan fingerprint density at radius 2 is 1.95 bits per heavy atom. The van der Waals surface area contributed by atoms with Crippen molar-refractivity contribution in [3.05, 3.63) is 40.0 Å². The Bertz CT molecular complexity index is 1500. The lowest BCUT2D eigenvalue weighted by Gasteiger charge is -2.38. The summed E-state index contributed by atoms with van der Waals surface area (Å²) in [5.74, 6) is 1.89. The predicted octanol–water partition coefficient (Wildman–Crippen LogP) is 5.32. The molecule has 0 radical (unpaired) electrons. The highest BCUT2D eigenvalue weighted by atomic mass is 35.5. The molecule has 10 nitrogen and oxygen atoms in total. The van der Waals surface area contributed by atoms with Crippen molar-refractivity contribution in [3.8, 4) is 22.9 Å². The molecular formula is C28H34ClN7O3. The van der Waals surface area contributed by atoms with E-state index in [1.54, 1.807) is 13.3 Å². The lowest BCUT2D eigenvalue weighted by molar-refractivity contribution is 0.0716. The van der Waals surface area contributed by atoms with Gasteiger partial charge in [-0.15, -0.1) is 0 Å². The van der Waals surface area contributed by atoms with Gasteiger partial charge in [-0.3, -0.25) is 14.5 Å². The van der Waals surface area contributed by atoms with Gasteiger partial charge in [0.25, 0.3) is 0 Å². The van der Waals surface area contributed by atoms with E-state index in [0.29, 0.717) is 28.0 Å². The Hall–Kier alpha value is -3.24. The molecule has 0 bridgehead atoms. The summed E-state index contributed by atoms with van der Waals surface area (Å²) < 4.78 is 12.8. The second-order valence-corrected chi connectivity index (χ2v) is 11.5. The molecule has 0 spiro atoms. The SMILES string of the molecule is COC1CCN(c2nc3cc(-c4noc(=O)[nH]4)nc(-c4ccc(Cl)cn4)c3n2CC2CCC(C)CC2)C(C)C1. The number of H-pyrrole nitrogens is 1. The molecule has 1 aliphatic carbocycles. The van der Waals surface area contributed by atoms with E-state index in [1.807, 2.05) is 18.2 Å². The van der Waals surface area contributed by atoms with Crippen molar-refractivity contribution in [2.75, 3.05) is 18.6 Å². The van der Waals surface area contributed by atoms with Gasteiger partial charge in [0.1, 0.15) is 11.4 Å². The van der Waals surface area contributed by atoms with Gasteiger partial charge in [-0.05, 0) is 62.6 Å². The molecule has 2 atom stereocenters. The quantitative estimate of drug-likeness (QED) is 0.342. The molecule has 0 aromatic carbocycles. The first-order valence-electron chi connectivity index (χ1n) is 13.8. The van der Waals surface area contributed by atoms with Crippen LogP contribution in [0.3, 0.4) is 0 Å². The molecule has 1 saturated heterocycles. The van der Waals surface area contributed by atoms with Gasteiger partial charge < -0.3 is 14.2 Å². The summed E-state index contributed by atoms with van der Waals surface area (Å²) >= 11 is 6.19. The molecule has 2 fully saturated rings. The molecule has 2 unspecified atom stereocenters. The number of imidazole rings is 1. The molecular weight excluding hydrogens is 518 g/mol. The van der Waals surface area contributed by atoms with E-state index >= 15 is 0 Å². The van der Waals surface area contributed by atoms with Gasteiger partial charge in [0, 0.05) is 32.4 Å². The van der Waals surface area contributed by atoms with Crippen LogP contribution in [0.15, 0.2) is 33.7 Å². The molecule has 5 heterocycles. The number of nitrogens with zero attached hydrogens (tertiary/aromatic N) is 6. The topological polar surface area (TPSA) is 115 Å². The minimum Gasteiger partial charge on any atom is -0.381 e. The van der Waals surface area contributed by atoms with Gasteiger partial charge in [-0.1, -0.05) is 36.5 Å². The number of hydrogen-bond donors (Lipinski definition) is 1. The van der Waals surface area contributed by atoms with Crippen LogP contribution in [0.1, 0.15) is 52.4 Å². The number of aromatic amines is 1. The monoisotopic (exact) mass is 551 g/mol. The first kappa shape index (κ1) is 26.0. The van der Waals surface area contributed by atoms with Crippen LogP contribution in [0, 0.1) is 11.8 Å². The van der Waals surface area contributed by atoms with E-state index in [9.17, 15) is 4.79 Å². The minimum atomic E-state index is -0.634. The van der Waals surface area contributed by atoms with Crippen molar-refractivity contribution in [1.29, 1.82) is 0 Å². The average molecular weight is 552 g/mol. The van der Waals surface area contributed by atoms with Crippen molar-refractivity contribution < 1.29 is 9.26 Å². The molecule has 206 valence electrons. The fourth-order valence-electron chi connectivity index (χ4n) is 6.10. The summed E-state index contributed by atoms with van der Waals surface area (Å²) in [5, 5.41) is 4.43. The number of rotatable bonds is 6. The van der Waals surface area contributed by atoms with Crippen molar-refractivity contribution in [1.82, 2.24) is 29.7 Å². The maximum atomic E-state index is 11.7. The van der Waals surface area contributed by atoms with E-state index in [4.69, 9.17) is 30.8 Å². The Morgan fingerprint density at radius 1 is 1.13 bits per heavy atom. The van der Waals surface area contributed by atoms with Gasteiger partial charge in [0.2, 0.25) is 11.8 Å². The molecule has 1 saturated carbocycles. The second kappa shape index (κ2) is 10.7.